The normalized spacial score (nSPS) is 11.7. The molecule has 0 fully saturated rings. The molecule has 0 bridgehead atoms. The van der Waals surface area contributed by atoms with Crippen LogP contribution < -0.4 is 5.73 Å². The minimum absolute atomic E-state index is 0.326. The number of hydrogen-bond acceptors (Lipinski definition) is 4. The molecule has 100 valence electrons. The van der Waals surface area contributed by atoms with Crippen LogP contribution in [0, 0.1) is 11.8 Å². The Labute approximate surface area is 113 Å². The standard InChI is InChI=1S/C12H18N2O2S2/c1-10(2)18(15,16)14(3)8-12-7-11(9-17-12)5-4-6-13/h7,9-10H,6,8,13H2,1-3H3. The molecular formula is C12H18N2O2S2. The summed E-state index contributed by atoms with van der Waals surface area (Å²) in [7, 11) is -1.60. The summed E-state index contributed by atoms with van der Waals surface area (Å²) in [5.41, 5.74) is 6.18. The predicted octanol–water partition coefficient (Wildman–Crippen LogP) is 1.23. The molecule has 1 heterocycles. The lowest BCUT2D eigenvalue weighted by Gasteiger charge is -2.18. The van der Waals surface area contributed by atoms with Crippen molar-refractivity contribution >= 4 is 21.4 Å². The first kappa shape index (κ1) is 15.2. The zero-order valence-corrected chi connectivity index (χ0v) is 12.4. The molecule has 1 aromatic heterocycles. The van der Waals surface area contributed by atoms with Crippen molar-refractivity contribution in [1.82, 2.24) is 4.31 Å². The van der Waals surface area contributed by atoms with Crippen molar-refractivity contribution in [3.8, 4) is 11.8 Å². The number of thiophene rings is 1. The average Bonchev–Trinajstić information content (AvgIpc) is 2.73. The van der Waals surface area contributed by atoms with E-state index in [1.807, 2.05) is 11.4 Å². The second kappa shape index (κ2) is 6.34. The molecule has 0 atom stereocenters. The van der Waals surface area contributed by atoms with Crippen LogP contribution >= 0.6 is 11.3 Å². The fourth-order valence-corrected chi connectivity index (χ4v) is 3.34. The van der Waals surface area contributed by atoms with Gasteiger partial charge in [-0.3, -0.25) is 0 Å². The molecule has 0 aromatic carbocycles. The van der Waals surface area contributed by atoms with Crippen molar-refractivity contribution in [2.75, 3.05) is 13.6 Å². The molecule has 0 saturated carbocycles. The van der Waals surface area contributed by atoms with E-state index in [9.17, 15) is 8.42 Å². The smallest absolute Gasteiger partial charge is 0.216 e. The van der Waals surface area contributed by atoms with E-state index in [-0.39, 0.29) is 0 Å². The van der Waals surface area contributed by atoms with Crippen LogP contribution in [0.3, 0.4) is 0 Å². The molecule has 0 aliphatic carbocycles. The SMILES string of the molecule is CC(C)S(=O)(=O)N(C)Cc1cc(C#CCN)cs1. The zero-order chi connectivity index (χ0) is 13.8. The molecule has 0 spiro atoms. The summed E-state index contributed by atoms with van der Waals surface area (Å²) < 4.78 is 25.2. The van der Waals surface area contributed by atoms with Crippen LogP contribution in [0.5, 0.6) is 0 Å². The largest absolute Gasteiger partial charge is 0.320 e. The molecule has 1 rings (SSSR count). The van der Waals surface area contributed by atoms with E-state index < -0.39 is 15.3 Å². The fourth-order valence-electron chi connectivity index (χ4n) is 1.35. The molecule has 0 aliphatic rings. The number of sulfonamides is 1. The lowest BCUT2D eigenvalue weighted by atomic mass is 10.3. The van der Waals surface area contributed by atoms with Gasteiger partial charge < -0.3 is 5.73 Å². The Morgan fingerprint density at radius 2 is 2.17 bits per heavy atom. The van der Waals surface area contributed by atoms with E-state index in [1.165, 1.54) is 15.6 Å². The first-order valence-corrected chi connectivity index (χ1v) is 7.97. The van der Waals surface area contributed by atoms with Gasteiger partial charge in [0.05, 0.1) is 11.8 Å². The van der Waals surface area contributed by atoms with Crippen molar-refractivity contribution in [2.24, 2.45) is 5.73 Å². The van der Waals surface area contributed by atoms with Crippen LogP contribution in [0.2, 0.25) is 0 Å². The first-order valence-electron chi connectivity index (χ1n) is 5.59. The van der Waals surface area contributed by atoms with Crippen LogP contribution in [0.25, 0.3) is 0 Å². The van der Waals surface area contributed by atoms with Crippen molar-refractivity contribution in [3.63, 3.8) is 0 Å². The van der Waals surface area contributed by atoms with E-state index in [1.54, 1.807) is 20.9 Å². The van der Waals surface area contributed by atoms with Crippen molar-refractivity contribution < 1.29 is 8.42 Å². The lowest BCUT2D eigenvalue weighted by molar-refractivity contribution is 0.462. The van der Waals surface area contributed by atoms with Gasteiger partial charge in [0.1, 0.15) is 0 Å². The second-order valence-electron chi connectivity index (χ2n) is 4.16. The monoisotopic (exact) mass is 286 g/mol. The van der Waals surface area contributed by atoms with Crippen LogP contribution in [-0.2, 0) is 16.6 Å². The first-order chi connectivity index (χ1) is 8.37. The van der Waals surface area contributed by atoms with E-state index in [0.717, 1.165) is 10.4 Å². The lowest BCUT2D eigenvalue weighted by Crippen LogP contribution is -2.32. The maximum absolute atomic E-state index is 11.9. The Balaban J connectivity index is 2.77. The van der Waals surface area contributed by atoms with Crippen LogP contribution in [0.4, 0.5) is 0 Å². The highest BCUT2D eigenvalue weighted by atomic mass is 32.2. The summed E-state index contributed by atoms with van der Waals surface area (Å²) in [4.78, 5) is 0.975. The zero-order valence-electron chi connectivity index (χ0n) is 10.8. The summed E-state index contributed by atoms with van der Waals surface area (Å²) >= 11 is 1.51. The Hall–Kier alpha value is -0.870. The van der Waals surface area contributed by atoms with Gasteiger partial charge in [-0.1, -0.05) is 11.8 Å². The van der Waals surface area contributed by atoms with Gasteiger partial charge in [-0.25, -0.2) is 8.42 Å². The average molecular weight is 286 g/mol. The van der Waals surface area contributed by atoms with Crippen LogP contribution in [0.15, 0.2) is 11.4 Å². The summed E-state index contributed by atoms with van der Waals surface area (Å²) in [6, 6.07) is 1.90. The molecule has 18 heavy (non-hydrogen) atoms. The molecule has 0 saturated heterocycles. The van der Waals surface area contributed by atoms with E-state index in [2.05, 4.69) is 11.8 Å². The Kier molecular flexibility index (Phi) is 5.35. The molecular weight excluding hydrogens is 268 g/mol. The summed E-state index contributed by atoms with van der Waals surface area (Å²) in [6.45, 7) is 4.07. The van der Waals surface area contributed by atoms with Gasteiger partial charge in [0.25, 0.3) is 0 Å². The molecule has 0 radical (unpaired) electrons. The number of hydrogen-bond donors (Lipinski definition) is 1. The van der Waals surface area contributed by atoms with Gasteiger partial charge in [-0.05, 0) is 19.9 Å². The Bertz CT molecular complexity index is 550. The highest BCUT2D eigenvalue weighted by Crippen LogP contribution is 2.18. The number of rotatable bonds is 4. The third kappa shape index (κ3) is 3.82. The maximum Gasteiger partial charge on any atom is 0.216 e. The quantitative estimate of drug-likeness (QED) is 0.847. The summed E-state index contributed by atoms with van der Waals surface area (Å²) in [6.07, 6.45) is 0. The third-order valence-corrected chi connectivity index (χ3v) is 5.51. The van der Waals surface area contributed by atoms with Gasteiger partial charge in [-0.15, -0.1) is 11.3 Å². The number of nitrogens with zero attached hydrogens (tertiary/aromatic N) is 1. The van der Waals surface area contributed by atoms with E-state index in [4.69, 9.17) is 5.73 Å². The van der Waals surface area contributed by atoms with Gasteiger partial charge in [0, 0.05) is 29.4 Å². The minimum atomic E-state index is -3.20. The molecule has 4 nitrogen and oxygen atoms in total. The van der Waals surface area contributed by atoms with Crippen LogP contribution in [-0.4, -0.2) is 31.6 Å². The van der Waals surface area contributed by atoms with Gasteiger partial charge >= 0.3 is 0 Å². The predicted molar refractivity (Wildman–Crippen MR) is 75.8 cm³/mol. The Morgan fingerprint density at radius 3 is 2.72 bits per heavy atom. The number of nitrogens with two attached hydrogens (primary N) is 1. The topological polar surface area (TPSA) is 63.4 Å². The summed E-state index contributed by atoms with van der Waals surface area (Å²) in [5.74, 6) is 5.70. The summed E-state index contributed by atoms with van der Waals surface area (Å²) in [5, 5.41) is 1.51. The molecule has 2 N–H and O–H groups in total. The van der Waals surface area contributed by atoms with Crippen molar-refractivity contribution in [3.05, 3.63) is 21.9 Å². The molecule has 0 aliphatic heterocycles. The highest BCUT2D eigenvalue weighted by molar-refractivity contribution is 7.89. The third-order valence-electron chi connectivity index (χ3n) is 2.40. The Morgan fingerprint density at radius 1 is 1.50 bits per heavy atom. The fraction of sp³-hybridized carbons (Fsp3) is 0.500. The minimum Gasteiger partial charge on any atom is -0.320 e. The molecule has 0 amide bonds. The van der Waals surface area contributed by atoms with Gasteiger partial charge in [0.2, 0.25) is 10.0 Å². The van der Waals surface area contributed by atoms with Gasteiger partial charge in [0.15, 0.2) is 0 Å². The molecule has 6 heteroatoms. The van der Waals surface area contributed by atoms with Gasteiger partial charge in [-0.2, -0.15) is 4.31 Å². The van der Waals surface area contributed by atoms with Crippen molar-refractivity contribution in [1.29, 1.82) is 0 Å². The van der Waals surface area contributed by atoms with Crippen LogP contribution in [0.1, 0.15) is 24.3 Å². The molecule has 1 aromatic rings. The second-order valence-corrected chi connectivity index (χ2v) is 7.75. The highest BCUT2D eigenvalue weighted by Gasteiger charge is 2.22. The maximum atomic E-state index is 11.9. The molecule has 0 unspecified atom stereocenters. The van der Waals surface area contributed by atoms with E-state index >= 15 is 0 Å². The van der Waals surface area contributed by atoms with E-state index in [0.29, 0.717) is 13.1 Å². The van der Waals surface area contributed by atoms with Crippen molar-refractivity contribution in [2.45, 2.75) is 25.6 Å².